The number of aromatic nitrogens is 2. The van der Waals surface area contributed by atoms with Crippen molar-refractivity contribution in [3.63, 3.8) is 0 Å². The van der Waals surface area contributed by atoms with E-state index in [0.717, 1.165) is 28.0 Å². The summed E-state index contributed by atoms with van der Waals surface area (Å²) in [6, 6.07) is 19.6. The second-order valence-electron chi connectivity index (χ2n) is 9.15. The second kappa shape index (κ2) is 12.0. The number of aliphatic carboxylic acids is 1. The molecule has 0 bridgehead atoms. The van der Waals surface area contributed by atoms with E-state index in [-0.39, 0.29) is 23.1 Å². The molecule has 0 radical (unpaired) electrons. The van der Waals surface area contributed by atoms with Gasteiger partial charge in [-0.3, -0.25) is 0 Å². The molecule has 208 valence electrons. The number of carbonyl (C=O) groups is 1. The number of aryl methyl sites for hydroxylation is 1. The average molecular weight is 613 g/mol. The monoisotopic (exact) mass is 613 g/mol. The van der Waals surface area contributed by atoms with E-state index in [2.05, 4.69) is 9.97 Å². The third kappa shape index (κ3) is 6.93. The van der Waals surface area contributed by atoms with E-state index in [0.29, 0.717) is 28.9 Å². The summed E-state index contributed by atoms with van der Waals surface area (Å²) < 4.78 is 53.6. The van der Waals surface area contributed by atoms with Crippen molar-refractivity contribution < 1.29 is 32.5 Å². The molecule has 3 N–H and O–H groups in total. The Morgan fingerprint density at radius 2 is 1.65 bits per heavy atom. The van der Waals surface area contributed by atoms with Crippen molar-refractivity contribution in [2.24, 2.45) is 0 Å². The van der Waals surface area contributed by atoms with Crippen LogP contribution in [-0.4, -0.2) is 51.2 Å². The summed E-state index contributed by atoms with van der Waals surface area (Å²) in [6.07, 6.45) is -6.76. The van der Waals surface area contributed by atoms with Gasteiger partial charge in [0.15, 0.2) is 0 Å². The summed E-state index contributed by atoms with van der Waals surface area (Å²) in [5.41, 5.74) is 9.13. The molecule has 11 heteroatoms. The van der Waals surface area contributed by atoms with Gasteiger partial charge in [-0.05, 0) is 30.2 Å². The predicted molar refractivity (Wildman–Crippen MR) is 148 cm³/mol. The van der Waals surface area contributed by atoms with Gasteiger partial charge in [0.25, 0.3) is 0 Å². The summed E-state index contributed by atoms with van der Waals surface area (Å²) in [7, 11) is 1.51. The zero-order valence-electron chi connectivity index (χ0n) is 21.6. The van der Waals surface area contributed by atoms with E-state index in [9.17, 15) is 18.0 Å². The molecule has 0 amide bonds. The van der Waals surface area contributed by atoms with Gasteiger partial charge in [0.05, 0.1) is 7.11 Å². The Kier molecular flexibility index (Phi) is 8.69. The molecule has 1 heterocycles. The Balaban J connectivity index is 1.69. The minimum absolute atomic E-state index is 0.0829. The zero-order chi connectivity index (χ0) is 29.0. The Hall–Kier alpha value is -4.04. The van der Waals surface area contributed by atoms with Crippen LogP contribution in [0.2, 0.25) is 4.71 Å². The first kappa shape index (κ1) is 29.0. The normalized spacial score (nSPS) is 12.9. The summed E-state index contributed by atoms with van der Waals surface area (Å²) in [4.78, 5) is 19.2. The maximum absolute atomic E-state index is 14.5. The van der Waals surface area contributed by atoms with Gasteiger partial charge in [-0.2, -0.15) is 13.2 Å². The van der Waals surface area contributed by atoms with Crippen LogP contribution in [0.5, 0.6) is 11.6 Å². The average Bonchev–Trinajstić information content (AvgIpc) is 2.91. The SMILES string of the molecule is COc1ccc(-c2cc(C)ccc2C(Oc2cc(-c3ccc(C[C@H]([AsH2])C(=O)O)cc3)nc(N)n2)C(F)(F)F)cc1. The van der Waals surface area contributed by atoms with Crippen LogP contribution < -0.4 is 15.2 Å². The number of ether oxygens (including phenoxy) is 2. The van der Waals surface area contributed by atoms with Crippen molar-refractivity contribution in [1.29, 1.82) is 0 Å². The number of nitrogen functional groups attached to an aromatic ring is 1. The van der Waals surface area contributed by atoms with Crippen molar-refractivity contribution in [2.45, 2.75) is 30.3 Å². The maximum atomic E-state index is 14.5. The van der Waals surface area contributed by atoms with Gasteiger partial charge in [0.2, 0.25) is 0 Å². The number of benzene rings is 3. The third-order valence-corrected chi connectivity index (χ3v) is 7.26. The summed E-state index contributed by atoms with van der Waals surface area (Å²) >= 11 is 1.11. The molecule has 3 atom stereocenters. The van der Waals surface area contributed by atoms with Crippen molar-refractivity contribution in [3.05, 3.63) is 89.5 Å². The molecule has 0 aliphatic rings. The van der Waals surface area contributed by atoms with Crippen LogP contribution in [0.25, 0.3) is 22.4 Å². The molecular weight excluding hydrogens is 586 g/mol. The first-order chi connectivity index (χ1) is 18.9. The number of nitrogens with two attached hydrogens (primary N) is 1. The Bertz CT molecular complexity index is 1500. The molecule has 0 spiro atoms. The molecule has 4 rings (SSSR count). The number of methoxy groups -OCH3 is 1. The van der Waals surface area contributed by atoms with Crippen molar-refractivity contribution in [1.82, 2.24) is 9.97 Å². The Morgan fingerprint density at radius 1 is 1.00 bits per heavy atom. The molecule has 0 fully saturated rings. The van der Waals surface area contributed by atoms with Gasteiger partial charge >= 0.3 is 141 Å². The molecule has 7 nitrogen and oxygen atoms in total. The first-order valence-electron chi connectivity index (χ1n) is 12.1. The van der Waals surface area contributed by atoms with Crippen molar-refractivity contribution >= 4 is 28.8 Å². The van der Waals surface area contributed by atoms with Gasteiger partial charge in [0.1, 0.15) is 5.75 Å². The van der Waals surface area contributed by atoms with Crippen LogP contribution in [0.4, 0.5) is 19.1 Å². The molecule has 3 aromatic carbocycles. The minimum Gasteiger partial charge on any atom is -0.167 e. The Morgan fingerprint density at radius 3 is 2.25 bits per heavy atom. The molecule has 2 unspecified atom stereocenters. The Labute approximate surface area is 237 Å². The molecule has 1 aromatic heterocycles. The number of hydrogen-bond donors (Lipinski definition) is 2. The quantitative estimate of drug-likeness (QED) is 0.242. The predicted octanol–water partition coefficient (Wildman–Crippen LogP) is 5.44. The summed E-state index contributed by atoms with van der Waals surface area (Å²) in [5, 5.41) is 9.15. The standard InChI is InChI=1S/C29H27AsF3N3O4/c1-16-3-12-21(22(13-16)18-8-10-20(39-2)11-9-18)26(29(31,32)33)40-25-15-24(35-28(34)36-25)19-6-4-17(5-7-19)14-23(30)27(37)38/h3-13,15,23,26H,14,30H2,1-2H3,(H,37,38)(H2,34,35,36)/t23-,26?/m0/s1. The fourth-order valence-corrected chi connectivity index (χ4v) is 4.72. The van der Waals surface area contributed by atoms with Crippen LogP contribution in [0.15, 0.2) is 72.8 Å². The van der Waals surface area contributed by atoms with Gasteiger partial charge in [-0.1, -0.05) is 35.9 Å². The second-order valence-corrected chi connectivity index (χ2v) is 10.8. The molecule has 4 aromatic rings. The van der Waals surface area contributed by atoms with Gasteiger partial charge in [-0.25, -0.2) is 0 Å². The van der Waals surface area contributed by atoms with E-state index >= 15 is 0 Å². The van der Waals surface area contributed by atoms with E-state index in [1.54, 1.807) is 67.6 Å². The van der Waals surface area contributed by atoms with E-state index in [1.807, 2.05) is 0 Å². The van der Waals surface area contributed by atoms with Gasteiger partial charge in [0, 0.05) is 0 Å². The van der Waals surface area contributed by atoms with Crippen LogP contribution in [-0.2, 0) is 11.2 Å². The topological polar surface area (TPSA) is 108 Å². The van der Waals surface area contributed by atoms with E-state index in [4.69, 9.17) is 20.3 Å². The summed E-state index contributed by atoms with van der Waals surface area (Å²) in [5.74, 6) is -0.885. The van der Waals surface area contributed by atoms with Gasteiger partial charge in [-0.15, -0.1) is 0 Å². The number of rotatable bonds is 9. The molecule has 0 aliphatic carbocycles. The molecular formula is C29H27AsF3N3O4. The number of hydrogen-bond acceptors (Lipinski definition) is 6. The van der Waals surface area contributed by atoms with Crippen LogP contribution in [0, 0.1) is 6.92 Å². The van der Waals surface area contributed by atoms with Crippen LogP contribution >= 0.6 is 0 Å². The van der Waals surface area contributed by atoms with Crippen molar-refractivity contribution in [2.75, 3.05) is 12.8 Å². The number of carboxylic acid groups (broad SMARTS) is 1. The third-order valence-electron chi connectivity index (χ3n) is 6.17. The molecule has 40 heavy (non-hydrogen) atoms. The van der Waals surface area contributed by atoms with E-state index < -0.39 is 23.0 Å². The van der Waals surface area contributed by atoms with Crippen LogP contribution in [0.3, 0.4) is 0 Å². The molecule has 0 saturated heterocycles. The summed E-state index contributed by atoms with van der Waals surface area (Å²) in [6.45, 7) is 1.80. The van der Waals surface area contributed by atoms with E-state index in [1.165, 1.54) is 19.2 Å². The van der Waals surface area contributed by atoms with Crippen LogP contribution in [0.1, 0.15) is 22.8 Å². The molecule has 0 saturated carbocycles. The van der Waals surface area contributed by atoms with Crippen molar-refractivity contribution in [3.8, 4) is 34.0 Å². The zero-order valence-corrected chi connectivity index (χ0v) is 24.1. The number of alkyl halides is 3. The number of carboxylic acids is 1. The fraction of sp³-hybridized carbons (Fsp3) is 0.207. The number of nitrogens with zero attached hydrogens (tertiary/aromatic N) is 2. The number of anilines is 1. The van der Waals surface area contributed by atoms with Gasteiger partial charge < -0.3 is 4.74 Å². The first-order valence-corrected chi connectivity index (χ1v) is 13.5. The smallest absolute Gasteiger partial charge is 0.167 e. The molecule has 0 aliphatic heterocycles. The number of halogens is 3. The minimum atomic E-state index is -4.78. The fourth-order valence-electron chi connectivity index (χ4n) is 4.15.